The first-order valence-electron chi connectivity index (χ1n) is 7.53. The summed E-state index contributed by atoms with van der Waals surface area (Å²) in [4.78, 5) is 26.1. The Morgan fingerprint density at radius 3 is 2.80 bits per heavy atom. The van der Waals surface area contributed by atoms with Crippen LogP contribution >= 0.6 is 0 Å². The lowest BCUT2D eigenvalue weighted by Gasteiger charge is -2.32. The van der Waals surface area contributed by atoms with Gasteiger partial charge in [0.2, 0.25) is 5.91 Å². The molecule has 4 rings (SSSR count). The van der Waals surface area contributed by atoms with E-state index in [-0.39, 0.29) is 11.9 Å². The molecule has 3 heterocycles. The summed E-state index contributed by atoms with van der Waals surface area (Å²) < 4.78 is 5.89. The molecule has 2 saturated heterocycles. The molecule has 20 heavy (non-hydrogen) atoms. The number of hydrogen-bond donors (Lipinski definition) is 1. The number of carboxylic acids is 1. The molecule has 3 aliphatic heterocycles. The van der Waals surface area contributed by atoms with E-state index in [1.165, 1.54) is 6.42 Å². The molecule has 0 aromatic carbocycles. The van der Waals surface area contributed by atoms with E-state index in [1.807, 2.05) is 17.1 Å². The summed E-state index contributed by atoms with van der Waals surface area (Å²) in [7, 11) is 0. The number of fused-ring (bicyclic) bond motifs is 1. The minimum atomic E-state index is -0.912. The molecule has 1 amide bonds. The lowest BCUT2D eigenvalue weighted by molar-refractivity contribution is -0.148. The van der Waals surface area contributed by atoms with E-state index >= 15 is 0 Å². The van der Waals surface area contributed by atoms with Gasteiger partial charge in [-0.05, 0) is 12.8 Å². The van der Waals surface area contributed by atoms with E-state index in [1.54, 1.807) is 0 Å². The number of ether oxygens (including phenoxy) is 1. The van der Waals surface area contributed by atoms with Gasteiger partial charge in [-0.3, -0.25) is 9.59 Å². The Balaban J connectivity index is 1.65. The van der Waals surface area contributed by atoms with E-state index in [4.69, 9.17) is 4.74 Å². The quantitative estimate of drug-likeness (QED) is 0.770. The predicted octanol–water partition coefficient (Wildman–Crippen LogP) is 1.19. The summed E-state index contributed by atoms with van der Waals surface area (Å²) in [6.45, 7) is 0.540. The van der Waals surface area contributed by atoms with Crippen LogP contribution in [0, 0.1) is 11.8 Å². The average Bonchev–Trinajstić information content (AvgIpc) is 3.08. The van der Waals surface area contributed by atoms with Crippen molar-refractivity contribution in [2.75, 3.05) is 6.54 Å². The molecule has 5 nitrogen and oxygen atoms in total. The van der Waals surface area contributed by atoms with Gasteiger partial charge in [0, 0.05) is 6.04 Å². The number of carbonyl (C=O) groups is 2. The fourth-order valence-electron chi connectivity index (χ4n) is 4.51. The van der Waals surface area contributed by atoms with Crippen molar-refractivity contribution in [1.29, 1.82) is 0 Å². The number of aliphatic carboxylic acids is 1. The predicted molar refractivity (Wildman–Crippen MR) is 69.9 cm³/mol. The third kappa shape index (κ3) is 1.47. The van der Waals surface area contributed by atoms with Gasteiger partial charge in [-0.2, -0.15) is 0 Å². The van der Waals surface area contributed by atoms with Gasteiger partial charge in [-0.25, -0.2) is 0 Å². The molecule has 1 N–H and O–H groups in total. The van der Waals surface area contributed by atoms with Crippen LogP contribution in [0.3, 0.4) is 0 Å². The lowest BCUT2D eigenvalue weighted by Crippen LogP contribution is -2.42. The second-order valence-electron chi connectivity index (χ2n) is 6.50. The van der Waals surface area contributed by atoms with Gasteiger partial charge in [-0.15, -0.1) is 0 Å². The first-order chi connectivity index (χ1) is 9.62. The van der Waals surface area contributed by atoms with E-state index < -0.39 is 29.5 Å². The summed E-state index contributed by atoms with van der Waals surface area (Å²) in [5.41, 5.74) is -0.664. The molecule has 0 aromatic rings. The minimum absolute atomic E-state index is 0.00356. The van der Waals surface area contributed by atoms with Crippen LogP contribution in [-0.2, 0) is 14.3 Å². The average molecular weight is 277 g/mol. The van der Waals surface area contributed by atoms with Gasteiger partial charge in [-0.1, -0.05) is 31.4 Å². The Morgan fingerprint density at radius 1 is 1.35 bits per heavy atom. The summed E-state index contributed by atoms with van der Waals surface area (Å²) in [6.07, 6.45) is 8.98. The summed E-state index contributed by atoms with van der Waals surface area (Å²) >= 11 is 0. The van der Waals surface area contributed by atoms with Gasteiger partial charge in [0.25, 0.3) is 0 Å². The van der Waals surface area contributed by atoms with E-state index in [9.17, 15) is 14.7 Å². The first-order valence-corrected chi connectivity index (χ1v) is 7.53. The topological polar surface area (TPSA) is 66.8 Å². The zero-order chi connectivity index (χ0) is 13.9. The number of hydrogen-bond acceptors (Lipinski definition) is 3. The van der Waals surface area contributed by atoms with Gasteiger partial charge in [0.15, 0.2) is 0 Å². The highest BCUT2D eigenvalue weighted by molar-refractivity contribution is 5.91. The van der Waals surface area contributed by atoms with Gasteiger partial charge < -0.3 is 14.7 Å². The molecular weight excluding hydrogens is 258 g/mol. The van der Waals surface area contributed by atoms with Crippen molar-refractivity contribution < 1.29 is 19.4 Å². The normalized spacial score (nSPS) is 43.3. The molecule has 0 aromatic heterocycles. The number of nitrogens with zero attached hydrogens (tertiary/aromatic N) is 1. The van der Waals surface area contributed by atoms with Crippen LogP contribution in [0.15, 0.2) is 12.2 Å². The Labute approximate surface area is 117 Å². The van der Waals surface area contributed by atoms with Crippen molar-refractivity contribution in [3.63, 3.8) is 0 Å². The molecular formula is C15H19NO4. The van der Waals surface area contributed by atoms with Crippen molar-refractivity contribution >= 4 is 11.9 Å². The van der Waals surface area contributed by atoms with Crippen molar-refractivity contribution in [2.45, 2.75) is 49.9 Å². The van der Waals surface area contributed by atoms with Gasteiger partial charge in [0.1, 0.15) is 11.5 Å². The number of amides is 1. The SMILES string of the molecule is O=C(O)[C@H]1[C@@H]2C=C[C@]3(CN(C4CCCCC4)C(=O)[C@@H]13)O2. The standard InChI is InChI=1S/C15H19NO4/c17-13-12-11(14(18)19)10-6-7-15(12,20-10)8-16(13)9-4-2-1-3-5-9/h6-7,9-12H,1-5,8H2,(H,18,19)/t10-,11-,12+,15+/m0/s1. The lowest BCUT2D eigenvalue weighted by atomic mass is 9.77. The van der Waals surface area contributed by atoms with E-state index in [0.29, 0.717) is 6.54 Å². The second kappa shape index (κ2) is 4.07. The van der Waals surface area contributed by atoms with Crippen LogP contribution in [0.25, 0.3) is 0 Å². The van der Waals surface area contributed by atoms with Crippen LogP contribution in [0.1, 0.15) is 32.1 Å². The minimum Gasteiger partial charge on any atom is -0.481 e. The van der Waals surface area contributed by atoms with Crippen molar-refractivity contribution in [2.24, 2.45) is 11.8 Å². The molecule has 3 fully saturated rings. The molecule has 4 aliphatic rings. The number of carboxylic acid groups (broad SMARTS) is 1. The van der Waals surface area contributed by atoms with Crippen molar-refractivity contribution in [3.05, 3.63) is 12.2 Å². The third-order valence-corrected chi connectivity index (χ3v) is 5.43. The molecule has 2 bridgehead atoms. The fourth-order valence-corrected chi connectivity index (χ4v) is 4.51. The van der Waals surface area contributed by atoms with Crippen LogP contribution in [0.5, 0.6) is 0 Å². The highest BCUT2D eigenvalue weighted by Gasteiger charge is 2.67. The number of likely N-dealkylation sites (tertiary alicyclic amines) is 1. The van der Waals surface area contributed by atoms with Gasteiger partial charge >= 0.3 is 5.97 Å². The second-order valence-corrected chi connectivity index (χ2v) is 6.50. The molecule has 1 spiro atoms. The zero-order valence-electron chi connectivity index (χ0n) is 11.3. The van der Waals surface area contributed by atoms with Crippen LogP contribution < -0.4 is 0 Å². The van der Waals surface area contributed by atoms with Crippen LogP contribution in [-0.4, -0.2) is 46.2 Å². The Kier molecular flexibility index (Phi) is 2.52. The Hall–Kier alpha value is -1.36. The monoisotopic (exact) mass is 277 g/mol. The summed E-state index contributed by atoms with van der Waals surface area (Å²) in [5, 5.41) is 9.41. The zero-order valence-corrected chi connectivity index (χ0v) is 11.3. The number of carbonyl (C=O) groups excluding carboxylic acids is 1. The summed E-state index contributed by atoms with van der Waals surface area (Å²) in [5.74, 6) is -2.14. The fraction of sp³-hybridized carbons (Fsp3) is 0.733. The van der Waals surface area contributed by atoms with Crippen LogP contribution in [0.2, 0.25) is 0 Å². The molecule has 1 aliphatic carbocycles. The largest absolute Gasteiger partial charge is 0.481 e. The molecule has 0 unspecified atom stereocenters. The maximum atomic E-state index is 12.7. The summed E-state index contributed by atoms with van der Waals surface area (Å²) in [6, 6.07) is 0.279. The maximum absolute atomic E-state index is 12.7. The number of rotatable bonds is 2. The molecule has 5 heteroatoms. The smallest absolute Gasteiger partial charge is 0.310 e. The van der Waals surface area contributed by atoms with Gasteiger partial charge in [0.05, 0.1) is 18.6 Å². The first kappa shape index (κ1) is 12.4. The van der Waals surface area contributed by atoms with E-state index in [2.05, 4.69) is 0 Å². The Bertz CT molecular complexity index is 496. The molecule has 4 atom stereocenters. The molecule has 0 radical (unpaired) electrons. The molecule has 108 valence electrons. The highest BCUT2D eigenvalue weighted by atomic mass is 16.5. The molecule has 1 saturated carbocycles. The Morgan fingerprint density at radius 2 is 2.10 bits per heavy atom. The highest BCUT2D eigenvalue weighted by Crippen LogP contribution is 2.52. The maximum Gasteiger partial charge on any atom is 0.310 e. The van der Waals surface area contributed by atoms with Crippen molar-refractivity contribution in [3.8, 4) is 0 Å². The van der Waals surface area contributed by atoms with Crippen LogP contribution in [0.4, 0.5) is 0 Å². The third-order valence-electron chi connectivity index (χ3n) is 5.43. The van der Waals surface area contributed by atoms with Crippen molar-refractivity contribution in [1.82, 2.24) is 4.90 Å². The van der Waals surface area contributed by atoms with E-state index in [0.717, 1.165) is 25.7 Å².